The quantitative estimate of drug-likeness (QED) is 0.767. The second kappa shape index (κ2) is 6.24. The topological polar surface area (TPSA) is 39.1 Å². The van der Waals surface area contributed by atoms with Crippen molar-refractivity contribution in [2.45, 2.75) is 51.5 Å². The molecule has 2 rings (SSSR count). The highest BCUT2D eigenvalue weighted by molar-refractivity contribution is 5.05. The van der Waals surface area contributed by atoms with Crippen molar-refractivity contribution in [3.8, 4) is 6.07 Å². The van der Waals surface area contributed by atoms with Crippen molar-refractivity contribution < 1.29 is 0 Å². The smallest absolute Gasteiger partial charge is 0.116 e. The fourth-order valence-electron chi connectivity index (χ4n) is 4.14. The van der Waals surface area contributed by atoms with Gasteiger partial charge >= 0.3 is 0 Å². The van der Waals surface area contributed by atoms with Crippen LogP contribution in [0.3, 0.4) is 0 Å². The number of rotatable bonds is 7. The minimum Gasteiger partial charge on any atom is -0.303 e. The zero-order chi connectivity index (χ0) is 13.9. The molecular formula is C16H29N3. The predicted octanol–water partition coefficient (Wildman–Crippen LogP) is 2.64. The van der Waals surface area contributed by atoms with E-state index in [1.54, 1.807) is 0 Å². The zero-order valence-corrected chi connectivity index (χ0v) is 12.8. The SMILES string of the molecule is CCCNC(C)(C#N)CN(C)CC1CC2CCC1C2. The lowest BCUT2D eigenvalue weighted by molar-refractivity contribution is 0.191. The second-order valence-electron chi connectivity index (χ2n) is 7.00. The van der Waals surface area contributed by atoms with E-state index in [0.717, 1.165) is 37.3 Å². The van der Waals surface area contributed by atoms with Crippen LogP contribution in [-0.4, -0.2) is 37.1 Å². The molecule has 0 saturated heterocycles. The molecule has 0 amide bonds. The first kappa shape index (κ1) is 14.8. The summed E-state index contributed by atoms with van der Waals surface area (Å²) in [5.41, 5.74) is -0.400. The van der Waals surface area contributed by atoms with E-state index >= 15 is 0 Å². The molecule has 4 unspecified atom stereocenters. The van der Waals surface area contributed by atoms with Crippen LogP contribution in [0.15, 0.2) is 0 Å². The molecule has 2 aliphatic rings. The van der Waals surface area contributed by atoms with Crippen molar-refractivity contribution in [2.75, 3.05) is 26.7 Å². The Morgan fingerprint density at radius 2 is 2.16 bits per heavy atom. The summed E-state index contributed by atoms with van der Waals surface area (Å²) in [4.78, 5) is 2.37. The van der Waals surface area contributed by atoms with Crippen LogP contribution in [0.25, 0.3) is 0 Å². The Morgan fingerprint density at radius 1 is 1.37 bits per heavy atom. The molecule has 0 heterocycles. The molecule has 0 aliphatic heterocycles. The monoisotopic (exact) mass is 263 g/mol. The van der Waals surface area contributed by atoms with Gasteiger partial charge in [-0.25, -0.2) is 0 Å². The molecule has 2 aliphatic carbocycles. The van der Waals surface area contributed by atoms with E-state index in [4.69, 9.17) is 0 Å². The molecule has 2 bridgehead atoms. The van der Waals surface area contributed by atoms with Gasteiger partial charge in [0.15, 0.2) is 0 Å². The third kappa shape index (κ3) is 3.70. The van der Waals surface area contributed by atoms with Gasteiger partial charge in [0.2, 0.25) is 0 Å². The van der Waals surface area contributed by atoms with E-state index in [0.29, 0.717) is 0 Å². The van der Waals surface area contributed by atoms with Crippen molar-refractivity contribution in [1.29, 1.82) is 5.26 Å². The molecule has 3 nitrogen and oxygen atoms in total. The van der Waals surface area contributed by atoms with Crippen LogP contribution < -0.4 is 5.32 Å². The van der Waals surface area contributed by atoms with Crippen LogP contribution >= 0.6 is 0 Å². The number of nitriles is 1. The van der Waals surface area contributed by atoms with Gasteiger partial charge in [-0.1, -0.05) is 13.3 Å². The fraction of sp³-hybridized carbons (Fsp3) is 0.938. The Labute approximate surface area is 118 Å². The van der Waals surface area contributed by atoms with Gasteiger partial charge in [-0.2, -0.15) is 5.26 Å². The molecule has 2 saturated carbocycles. The second-order valence-corrected chi connectivity index (χ2v) is 7.00. The predicted molar refractivity (Wildman–Crippen MR) is 78.7 cm³/mol. The van der Waals surface area contributed by atoms with E-state index in [1.807, 2.05) is 6.92 Å². The lowest BCUT2D eigenvalue weighted by Crippen LogP contribution is -2.50. The maximum absolute atomic E-state index is 9.39. The van der Waals surface area contributed by atoms with Crippen molar-refractivity contribution >= 4 is 0 Å². The van der Waals surface area contributed by atoms with E-state index in [1.165, 1.54) is 32.2 Å². The van der Waals surface area contributed by atoms with Gasteiger partial charge in [-0.3, -0.25) is 5.32 Å². The Hall–Kier alpha value is -0.590. The maximum atomic E-state index is 9.39. The van der Waals surface area contributed by atoms with Crippen molar-refractivity contribution in [2.24, 2.45) is 17.8 Å². The average molecular weight is 263 g/mol. The Morgan fingerprint density at radius 3 is 2.68 bits per heavy atom. The largest absolute Gasteiger partial charge is 0.303 e. The summed E-state index contributed by atoms with van der Waals surface area (Å²) in [5, 5.41) is 12.8. The molecule has 4 atom stereocenters. The molecule has 1 N–H and O–H groups in total. The summed E-state index contributed by atoms with van der Waals surface area (Å²) in [6, 6.07) is 2.45. The number of fused-ring (bicyclic) bond motifs is 2. The third-order valence-corrected chi connectivity index (χ3v) is 5.03. The summed E-state index contributed by atoms with van der Waals surface area (Å²) >= 11 is 0. The average Bonchev–Trinajstić information content (AvgIpc) is 2.98. The van der Waals surface area contributed by atoms with Crippen LogP contribution in [0.4, 0.5) is 0 Å². The molecule has 3 heteroatoms. The maximum Gasteiger partial charge on any atom is 0.116 e. The molecule has 108 valence electrons. The van der Waals surface area contributed by atoms with Crippen LogP contribution in [0.5, 0.6) is 0 Å². The minimum atomic E-state index is -0.400. The van der Waals surface area contributed by atoms with Gasteiger partial charge in [0, 0.05) is 13.1 Å². The molecule has 0 aromatic heterocycles. The first-order valence-electron chi connectivity index (χ1n) is 7.91. The number of nitrogens with zero attached hydrogens (tertiary/aromatic N) is 2. The Balaban J connectivity index is 1.79. The van der Waals surface area contributed by atoms with Crippen LogP contribution in [0, 0.1) is 29.1 Å². The Bertz CT molecular complexity index is 335. The summed E-state index contributed by atoms with van der Waals surface area (Å²) < 4.78 is 0. The molecule has 0 spiro atoms. The molecule has 0 aromatic carbocycles. The molecule has 2 fully saturated rings. The lowest BCUT2D eigenvalue weighted by Gasteiger charge is -2.32. The fourth-order valence-corrected chi connectivity index (χ4v) is 4.14. The van der Waals surface area contributed by atoms with Gasteiger partial charge in [0.1, 0.15) is 5.54 Å². The van der Waals surface area contributed by atoms with Gasteiger partial charge < -0.3 is 4.90 Å². The normalized spacial score (nSPS) is 32.5. The summed E-state index contributed by atoms with van der Waals surface area (Å²) in [5.74, 6) is 2.88. The molecular weight excluding hydrogens is 234 g/mol. The van der Waals surface area contributed by atoms with Crippen molar-refractivity contribution in [1.82, 2.24) is 10.2 Å². The molecule has 0 radical (unpaired) electrons. The van der Waals surface area contributed by atoms with Crippen molar-refractivity contribution in [3.63, 3.8) is 0 Å². The summed E-state index contributed by atoms with van der Waals surface area (Å²) in [6.07, 6.45) is 6.90. The van der Waals surface area contributed by atoms with E-state index in [2.05, 4.69) is 30.3 Å². The van der Waals surface area contributed by atoms with E-state index in [9.17, 15) is 5.26 Å². The van der Waals surface area contributed by atoms with Crippen molar-refractivity contribution in [3.05, 3.63) is 0 Å². The van der Waals surface area contributed by atoms with Crippen LogP contribution in [0.2, 0.25) is 0 Å². The minimum absolute atomic E-state index is 0.400. The molecule has 0 aromatic rings. The first-order chi connectivity index (χ1) is 9.06. The standard InChI is InChI=1S/C16H29N3/c1-4-7-18-16(2,11-17)12-19(3)10-15-9-13-5-6-14(15)8-13/h13-15,18H,4-10,12H2,1-3H3. The van der Waals surface area contributed by atoms with Crippen LogP contribution in [-0.2, 0) is 0 Å². The number of hydrogen-bond acceptors (Lipinski definition) is 3. The number of nitrogens with one attached hydrogen (secondary N) is 1. The van der Waals surface area contributed by atoms with Crippen LogP contribution in [0.1, 0.15) is 46.0 Å². The first-order valence-corrected chi connectivity index (χ1v) is 7.91. The van der Waals surface area contributed by atoms with Gasteiger partial charge in [-0.05, 0) is 64.0 Å². The number of likely N-dealkylation sites (N-methyl/N-ethyl adjacent to an activating group) is 1. The third-order valence-electron chi connectivity index (χ3n) is 5.03. The van der Waals surface area contributed by atoms with Gasteiger partial charge in [0.25, 0.3) is 0 Å². The van der Waals surface area contributed by atoms with Gasteiger partial charge in [-0.15, -0.1) is 0 Å². The lowest BCUT2D eigenvalue weighted by atomic mass is 9.88. The zero-order valence-electron chi connectivity index (χ0n) is 12.8. The van der Waals surface area contributed by atoms with E-state index < -0.39 is 5.54 Å². The summed E-state index contributed by atoms with van der Waals surface area (Å²) in [7, 11) is 2.18. The highest BCUT2D eigenvalue weighted by atomic mass is 15.1. The number of hydrogen-bond donors (Lipinski definition) is 1. The summed E-state index contributed by atoms with van der Waals surface area (Å²) in [6.45, 7) is 7.10. The highest BCUT2D eigenvalue weighted by Gasteiger charge is 2.40. The van der Waals surface area contributed by atoms with E-state index in [-0.39, 0.29) is 0 Å². The molecule has 19 heavy (non-hydrogen) atoms. The van der Waals surface area contributed by atoms with Gasteiger partial charge in [0.05, 0.1) is 6.07 Å². The Kier molecular flexibility index (Phi) is 4.86. The highest BCUT2D eigenvalue weighted by Crippen LogP contribution is 2.48.